The molecule has 0 aliphatic heterocycles. The molecule has 15 heavy (non-hydrogen) atoms. The zero-order valence-electron chi connectivity index (χ0n) is 9.23. The molecule has 1 rings (SSSR count). The molecule has 0 radical (unpaired) electrons. The first-order valence-corrected chi connectivity index (χ1v) is 6.48. The number of hydrogen-bond donors (Lipinski definition) is 2. The summed E-state index contributed by atoms with van der Waals surface area (Å²) >= 11 is 1.86. The average molecular weight is 226 g/mol. The van der Waals surface area contributed by atoms with E-state index in [0.29, 0.717) is 6.04 Å². The fraction of sp³-hybridized carbons (Fsp3) is 0.545. The lowest BCUT2D eigenvalue weighted by atomic mass is 10.2. The molecule has 0 fully saturated rings. The predicted molar refractivity (Wildman–Crippen MR) is 65.2 cm³/mol. The van der Waals surface area contributed by atoms with E-state index in [0.717, 1.165) is 12.2 Å². The number of nitrogens with one attached hydrogen (secondary N) is 1. The minimum absolute atomic E-state index is 0.217. The third-order valence-corrected chi connectivity index (χ3v) is 2.84. The SMILES string of the molecule is CSCCC(C)NCc1ccc(O)cn1. The minimum Gasteiger partial charge on any atom is -0.506 e. The highest BCUT2D eigenvalue weighted by Gasteiger charge is 2.01. The number of aromatic nitrogens is 1. The van der Waals surface area contributed by atoms with Gasteiger partial charge in [0.05, 0.1) is 11.9 Å². The first-order chi connectivity index (χ1) is 7.22. The Labute approximate surface area is 95.3 Å². The normalized spacial score (nSPS) is 12.7. The van der Waals surface area contributed by atoms with Gasteiger partial charge in [0.15, 0.2) is 0 Å². The van der Waals surface area contributed by atoms with Crippen LogP contribution in [0.1, 0.15) is 19.0 Å². The van der Waals surface area contributed by atoms with E-state index in [9.17, 15) is 0 Å². The van der Waals surface area contributed by atoms with Crippen molar-refractivity contribution in [3.8, 4) is 5.75 Å². The van der Waals surface area contributed by atoms with Crippen LogP contribution in [-0.4, -0.2) is 28.1 Å². The van der Waals surface area contributed by atoms with Crippen molar-refractivity contribution in [3.63, 3.8) is 0 Å². The van der Waals surface area contributed by atoms with E-state index < -0.39 is 0 Å². The van der Waals surface area contributed by atoms with Crippen molar-refractivity contribution in [3.05, 3.63) is 24.0 Å². The van der Waals surface area contributed by atoms with Crippen LogP contribution in [0, 0.1) is 0 Å². The molecule has 0 saturated heterocycles. The highest BCUT2D eigenvalue weighted by molar-refractivity contribution is 7.98. The standard InChI is InChI=1S/C11H18N2OS/c1-9(5-6-15-2)12-7-10-3-4-11(14)8-13-10/h3-4,8-9,12,14H,5-7H2,1-2H3. The lowest BCUT2D eigenvalue weighted by Crippen LogP contribution is -2.26. The Morgan fingerprint density at radius 1 is 1.53 bits per heavy atom. The molecule has 1 aromatic rings. The van der Waals surface area contributed by atoms with Gasteiger partial charge < -0.3 is 10.4 Å². The van der Waals surface area contributed by atoms with Crippen molar-refractivity contribution in [2.45, 2.75) is 25.9 Å². The van der Waals surface area contributed by atoms with Gasteiger partial charge in [0, 0.05) is 12.6 Å². The van der Waals surface area contributed by atoms with Crippen molar-refractivity contribution < 1.29 is 5.11 Å². The number of aromatic hydroxyl groups is 1. The van der Waals surface area contributed by atoms with E-state index in [4.69, 9.17) is 5.11 Å². The van der Waals surface area contributed by atoms with Crippen molar-refractivity contribution in [1.82, 2.24) is 10.3 Å². The van der Waals surface area contributed by atoms with Gasteiger partial charge in [0.2, 0.25) is 0 Å². The van der Waals surface area contributed by atoms with E-state index in [1.807, 2.05) is 17.8 Å². The van der Waals surface area contributed by atoms with E-state index in [1.165, 1.54) is 18.4 Å². The van der Waals surface area contributed by atoms with Gasteiger partial charge in [0.1, 0.15) is 5.75 Å². The molecule has 0 bridgehead atoms. The minimum atomic E-state index is 0.217. The Morgan fingerprint density at radius 2 is 2.33 bits per heavy atom. The van der Waals surface area contributed by atoms with Crippen molar-refractivity contribution >= 4 is 11.8 Å². The second-order valence-electron chi connectivity index (χ2n) is 3.57. The Bertz CT molecular complexity index is 276. The first kappa shape index (κ1) is 12.3. The summed E-state index contributed by atoms with van der Waals surface area (Å²) in [6.45, 7) is 2.94. The van der Waals surface area contributed by atoms with Crippen molar-refractivity contribution in [1.29, 1.82) is 0 Å². The van der Waals surface area contributed by atoms with Gasteiger partial charge in [-0.2, -0.15) is 11.8 Å². The topological polar surface area (TPSA) is 45.1 Å². The molecule has 1 heterocycles. The maximum absolute atomic E-state index is 9.06. The van der Waals surface area contributed by atoms with Crippen LogP contribution in [0.15, 0.2) is 18.3 Å². The maximum atomic E-state index is 9.06. The molecule has 0 saturated carbocycles. The smallest absolute Gasteiger partial charge is 0.133 e. The lowest BCUT2D eigenvalue weighted by Gasteiger charge is -2.12. The zero-order chi connectivity index (χ0) is 11.1. The van der Waals surface area contributed by atoms with E-state index in [1.54, 1.807) is 6.07 Å². The van der Waals surface area contributed by atoms with Crippen LogP contribution < -0.4 is 5.32 Å². The third kappa shape index (κ3) is 5.04. The molecule has 3 nitrogen and oxygen atoms in total. The fourth-order valence-electron chi connectivity index (χ4n) is 1.20. The van der Waals surface area contributed by atoms with Gasteiger partial charge in [-0.1, -0.05) is 0 Å². The van der Waals surface area contributed by atoms with E-state index in [-0.39, 0.29) is 5.75 Å². The van der Waals surface area contributed by atoms with Crippen LogP contribution >= 0.6 is 11.8 Å². The number of nitrogens with zero attached hydrogens (tertiary/aromatic N) is 1. The lowest BCUT2D eigenvalue weighted by molar-refractivity contribution is 0.471. The summed E-state index contributed by atoms with van der Waals surface area (Å²) in [4.78, 5) is 4.11. The number of hydrogen-bond acceptors (Lipinski definition) is 4. The second-order valence-corrected chi connectivity index (χ2v) is 4.56. The Morgan fingerprint density at radius 3 is 2.93 bits per heavy atom. The highest BCUT2D eigenvalue weighted by atomic mass is 32.2. The quantitative estimate of drug-likeness (QED) is 0.779. The molecule has 0 aromatic carbocycles. The first-order valence-electron chi connectivity index (χ1n) is 5.08. The second kappa shape index (κ2) is 6.69. The van der Waals surface area contributed by atoms with Crippen LogP contribution in [0.25, 0.3) is 0 Å². The molecule has 0 amide bonds. The Balaban J connectivity index is 2.27. The van der Waals surface area contributed by atoms with Crippen molar-refractivity contribution in [2.24, 2.45) is 0 Å². The highest BCUT2D eigenvalue weighted by Crippen LogP contribution is 2.06. The number of rotatable bonds is 6. The van der Waals surface area contributed by atoms with Gasteiger partial charge in [-0.15, -0.1) is 0 Å². The number of pyridine rings is 1. The molecule has 1 aromatic heterocycles. The van der Waals surface area contributed by atoms with Crippen LogP contribution in [0.3, 0.4) is 0 Å². The predicted octanol–water partition coefficient (Wildman–Crippen LogP) is 2.02. The van der Waals surface area contributed by atoms with Gasteiger partial charge in [0.25, 0.3) is 0 Å². The average Bonchev–Trinajstić information content (AvgIpc) is 2.25. The summed E-state index contributed by atoms with van der Waals surface area (Å²) in [5.74, 6) is 1.39. The molecule has 1 unspecified atom stereocenters. The summed E-state index contributed by atoms with van der Waals surface area (Å²) in [5.41, 5.74) is 0.962. The monoisotopic (exact) mass is 226 g/mol. The molecule has 0 aliphatic carbocycles. The molecular weight excluding hydrogens is 208 g/mol. The largest absolute Gasteiger partial charge is 0.506 e. The van der Waals surface area contributed by atoms with Gasteiger partial charge in [-0.05, 0) is 37.5 Å². The van der Waals surface area contributed by atoms with Crippen LogP contribution in [0.2, 0.25) is 0 Å². The van der Waals surface area contributed by atoms with Gasteiger partial charge in [-0.25, -0.2) is 0 Å². The summed E-state index contributed by atoms with van der Waals surface area (Å²) < 4.78 is 0. The van der Waals surface area contributed by atoms with Crippen LogP contribution in [0.5, 0.6) is 5.75 Å². The molecule has 4 heteroatoms. The molecule has 1 atom stereocenters. The summed E-state index contributed by atoms with van der Waals surface area (Å²) in [7, 11) is 0. The summed E-state index contributed by atoms with van der Waals surface area (Å²) in [6.07, 6.45) is 4.76. The maximum Gasteiger partial charge on any atom is 0.133 e. The zero-order valence-corrected chi connectivity index (χ0v) is 10.0. The fourth-order valence-corrected chi connectivity index (χ4v) is 1.79. The molecule has 0 spiro atoms. The van der Waals surface area contributed by atoms with E-state index >= 15 is 0 Å². The third-order valence-electron chi connectivity index (χ3n) is 2.20. The van der Waals surface area contributed by atoms with Crippen LogP contribution in [0.4, 0.5) is 0 Å². The molecule has 84 valence electrons. The molecule has 0 aliphatic rings. The summed E-state index contributed by atoms with van der Waals surface area (Å²) in [6, 6.07) is 4.01. The van der Waals surface area contributed by atoms with Gasteiger partial charge in [-0.3, -0.25) is 4.98 Å². The Kier molecular flexibility index (Phi) is 5.50. The summed E-state index contributed by atoms with van der Waals surface area (Å²) in [5, 5.41) is 12.5. The van der Waals surface area contributed by atoms with Gasteiger partial charge >= 0.3 is 0 Å². The molecular formula is C11H18N2OS. The molecule has 2 N–H and O–H groups in total. The Hall–Kier alpha value is -0.740. The van der Waals surface area contributed by atoms with Crippen LogP contribution in [-0.2, 0) is 6.54 Å². The number of thioether (sulfide) groups is 1. The van der Waals surface area contributed by atoms with Crippen molar-refractivity contribution in [2.75, 3.05) is 12.0 Å². The van der Waals surface area contributed by atoms with E-state index in [2.05, 4.69) is 23.5 Å².